The van der Waals surface area contributed by atoms with Crippen molar-refractivity contribution in [3.05, 3.63) is 58.6 Å². The Labute approximate surface area is 183 Å². The number of rotatable bonds is 7. The molecule has 6 nitrogen and oxygen atoms in total. The van der Waals surface area contributed by atoms with E-state index in [1.54, 1.807) is 6.07 Å². The van der Waals surface area contributed by atoms with Gasteiger partial charge in [0.1, 0.15) is 0 Å². The average molecular weight is 429 g/mol. The summed E-state index contributed by atoms with van der Waals surface area (Å²) < 4.78 is 0. The number of nitrogens with zero attached hydrogens (tertiary/aromatic N) is 2. The third kappa shape index (κ3) is 6.29. The van der Waals surface area contributed by atoms with E-state index in [-0.39, 0.29) is 11.8 Å². The molecule has 2 aromatic rings. The van der Waals surface area contributed by atoms with Gasteiger partial charge < -0.3 is 10.6 Å². The maximum Gasteiger partial charge on any atom is 0.238 e. The molecule has 1 fully saturated rings. The van der Waals surface area contributed by atoms with E-state index in [0.717, 1.165) is 55.1 Å². The lowest BCUT2D eigenvalue weighted by Gasteiger charge is -2.33. The molecule has 7 heteroatoms. The van der Waals surface area contributed by atoms with Crippen LogP contribution in [-0.4, -0.2) is 60.9 Å². The van der Waals surface area contributed by atoms with Gasteiger partial charge in [0.05, 0.1) is 13.1 Å². The number of para-hydroxylation sites is 1. The molecular formula is C23H29ClN4O2. The summed E-state index contributed by atoms with van der Waals surface area (Å²) in [5, 5.41) is 6.56. The number of carbonyl (C=O) groups excluding carboxylic acids is 2. The Bertz CT molecular complexity index is 895. The van der Waals surface area contributed by atoms with Crippen molar-refractivity contribution in [3.8, 4) is 0 Å². The van der Waals surface area contributed by atoms with Crippen molar-refractivity contribution < 1.29 is 9.59 Å². The Morgan fingerprint density at radius 1 is 0.900 bits per heavy atom. The number of piperazine rings is 1. The van der Waals surface area contributed by atoms with Crippen molar-refractivity contribution in [2.45, 2.75) is 20.3 Å². The molecule has 2 aromatic carbocycles. The van der Waals surface area contributed by atoms with Crippen LogP contribution in [0.15, 0.2) is 42.5 Å². The SMILES string of the molecule is CCc1ccccc1NC(=O)CN1CCN(CC(=O)Nc2cc(Cl)ccc2C)CC1. The maximum atomic E-state index is 12.4. The predicted molar refractivity (Wildman–Crippen MR) is 122 cm³/mol. The van der Waals surface area contributed by atoms with Crippen LogP contribution in [0.25, 0.3) is 0 Å². The van der Waals surface area contributed by atoms with Crippen LogP contribution in [0.4, 0.5) is 11.4 Å². The maximum absolute atomic E-state index is 12.4. The number of hydrogen-bond acceptors (Lipinski definition) is 4. The van der Waals surface area contributed by atoms with E-state index >= 15 is 0 Å². The highest BCUT2D eigenvalue weighted by Crippen LogP contribution is 2.20. The fourth-order valence-electron chi connectivity index (χ4n) is 3.57. The smallest absolute Gasteiger partial charge is 0.238 e. The summed E-state index contributed by atoms with van der Waals surface area (Å²) in [6.45, 7) is 7.72. The van der Waals surface area contributed by atoms with E-state index in [2.05, 4.69) is 27.4 Å². The van der Waals surface area contributed by atoms with Gasteiger partial charge in [0.2, 0.25) is 11.8 Å². The molecule has 0 saturated carbocycles. The predicted octanol–water partition coefficient (Wildman–Crippen LogP) is 3.41. The fourth-order valence-corrected chi connectivity index (χ4v) is 3.74. The Balaban J connectivity index is 1.42. The topological polar surface area (TPSA) is 64.7 Å². The third-order valence-electron chi connectivity index (χ3n) is 5.35. The first-order valence-corrected chi connectivity index (χ1v) is 10.7. The fraction of sp³-hybridized carbons (Fsp3) is 0.391. The summed E-state index contributed by atoms with van der Waals surface area (Å²) in [6.07, 6.45) is 0.881. The molecule has 1 aliphatic rings. The Morgan fingerprint density at radius 3 is 2.07 bits per heavy atom. The van der Waals surface area contributed by atoms with Crippen LogP contribution in [0.2, 0.25) is 5.02 Å². The first-order valence-electron chi connectivity index (χ1n) is 10.3. The van der Waals surface area contributed by atoms with E-state index in [1.807, 2.05) is 43.3 Å². The van der Waals surface area contributed by atoms with Crippen molar-refractivity contribution in [2.75, 3.05) is 49.9 Å². The normalized spacial score (nSPS) is 15.0. The summed E-state index contributed by atoms with van der Waals surface area (Å²) >= 11 is 6.02. The zero-order valence-corrected chi connectivity index (χ0v) is 18.3. The lowest BCUT2D eigenvalue weighted by Crippen LogP contribution is -2.50. The quantitative estimate of drug-likeness (QED) is 0.709. The van der Waals surface area contributed by atoms with Crippen LogP contribution in [-0.2, 0) is 16.0 Å². The number of nitrogens with one attached hydrogen (secondary N) is 2. The van der Waals surface area contributed by atoms with Crippen LogP contribution in [0.1, 0.15) is 18.1 Å². The van der Waals surface area contributed by atoms with E-state index in [4.69, 9.17) is 11.6 Å². The van der Waals surface area contributed by atoms with Gasteiger partial charge in [0.25, 0.3) is 0 Å². The monoisotopic (exact) mass is 428 g/mol. The largest absolute Gasteiger partial charge is 0.325 e. The molecule has 1 heterocycles. The van der Waals surface area contributed by atoms with Crippen molar-refractivity contribution in [1.29, 1.82) is 0 Å². The second-order valence-corrected chi connectivity index (χ2v) is 8.06. The summed E-state index contributed by atoms with van der Waals surface area (Å²) in [5.74, 6) is -0.0544. The molecule has 2 N–H and O–H groups in total. The summed E-state index contributed by atoms with van der Waals surface area (Å²) in [5.41, 5.74) is 3.75. The number of halogens is 1. The number of benzene rings is 2. The molecule has 0 spiro atoms. The highest BCUT2D eigenvalue weighted by atomic mass is 35.5. The van der Waals surface area contributed by atoms with Crippen LogP contribution < -0.4 is 10.6 Å². The second kappa shape index (κ2) is 10.6. The minimum atomic E-state index is -0.0530. The molecule has 0 atom stereocenters. The first-order chi connectivity index (χ1) is 14.4. The number of aryl methyl sites for hydroxylation is 2. The zero-order valence-electron chi connectivity index (χ0n) is 17.6. The molecule has 0 bridgehead atoms. The molecular weight excluding hydrogens is 400 g/mol. The van der Waals surface area contributed by atoms with Gasteiger partial charge in [0.15, 0.2) is 0 Å². The van der Waals surface area contributed by atoms with Gasteiger partial charge in [-0.2, -0.15) is 0 Å². The first kappa shape index (κ1) is 22.3. The number of hydrogen-bond donors (Lipinski definition) is 2. The third-order valence-corrected chi connectivity index (χ3v) is 5.58. The van der Waals surface area contributed by atoms with Crippen LogP contribution in [0.5, 0.6) is 0 Å². The van der Waals surface area contributed by atoms with Crippen molar-refractivity contribution in [1.82, 2.24) is 9.80 Å². The summed E-state index contributed by atoms with van der Waals surface area (Å²) in [7, 11) is 0. The van der Waals surface area contributed by atoms with Gasteiger partial charge in [-0.15, -0.1) is 0 Å². The minimum absolute atomic E-state index is 0.00137. The molecule has 3 rings (SSSR count). The minimum Gasteiger partial charge on any atom is -0.325 e. The van der Waals surface area contributed by atoms with Crippen LogP contribution >= 0.6 is 11.6 Å². The lowest BCUT2D eigenvalue weighted by molar-refractivity contribution is -0.120. The molecule has 160 valence electrons. The number of carbonyl (C=O) groups is 2. The Hall–Kier alpha value is -2.41. The molecule has 0 radical (unpaired) electrons. The zero-order chi connectivity index (χ0) is 21.5. The van der Waals surface area contributed by atoms with Gasteiger partial charge in [0, 0.05) is 42.6 Å². The van der Waals surface area contributed by atoms with Crippen molar-refractivity contribution >= 4 is 34.8 Å². The van der Waals surface area contributed by atoms with Crippen LogP contribution in [0, 0.1) is 6.92 Å². The van der Waals surface area contributed by atoms with E-state index in [1.165, 1.54) is 0 Å². The lowest BCUT2D eigenvalue weighted by atomic mass is 10.1. The van der Waals surface area contributed by atoms with E-state index in [9.17, 15) is 9.59 Å². The van der Waals surface area contributed by atoms with Gasteiger partial charge in [-0.05, 0) is 42.7 Å². The number of amides is 2. The van der Waals surface area contributed by atoms with Crippen LogP contribution in [0.3, 0.4) is 0 Å². The molecule has 0 unspecified atom stereocenters. The van der Waals surface area contributed by atoms with Crippen molar-refractivity contribution in [3.63, 3.8) is 0 Å². The van der Waals surface area contributed by atoms with Crippen molar-refractivity contribution in [2.24, 2.45) is 0 Å². The Morgan fingerprint density at radius 2 is 1.47 bits per heavy atom. The van der Waals surface area contributed by atoms with E-state index < -0.39 is 0 Å². The summed E-state index contributed by atoms with van der Waals surface area (Å²) in [6, 6.07) is 13.4. The van der Waals surface area contributed by atoms with Gasteiger partial charge >= 0.3 is 0 Å². The molecule has 0 aliphatic carbocycles. The number of anilines is 2. The Kier molecular flexibility index (Phi) is 7.85. The molecule has 1 saturated heterocycles. The van der Waals surface area contributed by atoms with Gasteiger partial charge in [-0.1, -0.05) is 42.8 Å². The molecule has 30 heavy (non-hydrogen) atoms. The standard InChI is InChI=1S/C23H29ClN4O2/c1-3-18-6-4-5-7-20(18)25-22(29)15-27-10-12-28(13-11-27)16-23(30)26-21-14-19(24)9-8-17(21)2/h4-9,14H,3,10-13,15-16H2,1-2H3,(H,25,29)(H,26,30). The average Bonchev–Trinajstić information content (AvgIpc) is 2.72. The summed E-state index contributed by atoms with van der Waals surface area (Å²) in [4.78, 5) is 29.1. The second-order valence-electron chi connectivity index (χ2n) is 7.62. The highest BCUT2D eigenvalue weighted by Gasteiger charge is 2.21. The van der Waals surface area contributed by atoms with E-state index in [0.29, 0.717) is 18.1 Å². The molecule has 0 aromatic heterocycles. The highest BCUT2D eigenvalue weighted by molar-refractivity contribution is 6.31. The van der Waals surface area contributed by atoms with Gasteiger partial charge in [-0.3, -0.25) is 19.4 Å². The molecule has 2 amide bonds. The van der Waals surface area contributed by atoms with Gasteiger partial charge in [-0.25, -0.2) is 0 Å². The molecule has 1 aliphatic heterocycles.